The number of anilines is 1. The van der Waals surface area contributed by atoms with Crippen molar-refractivity contribution in [3.05, 3.63) is 42.1 Å². The largest absolute Gasteiger partial charge is 0.310 e. The summed E-state index contributed by atoms with van der Waals surface area (Å²) in [7, 11) is 0. The third-order valence-electron chi connectivity index (χ3n) is 3.64. The van der Waals surface area contributed by atoms with Gasteiger partial charge < -0.3 is 5.32 Å². The molecule has 0 bridgehead atoms. The van der Waals surface area contributed by atoms with Crippen molar-refractivity contribution < 1.29 is 4.79 Å². The molecule has 0 aliphatic carbocycles. The van der Waals surface area contributed by atoms with Crippen molar-refractivity contribution in [1.29, 1.82) is 0 Å². The Labute approximate surface area is 142 Å². The highest BCUT2D eigenvalue weighted by Crippen LogP contribution is 2.26. The molecule has 1 N–H and O–H groups in total. The first-order valence-electron chi connectivity index (χ1n) is 7.99. The summed E-state index contributed by atoms with van der Waals surface area (Å²) in [6.45, 7) is 10.4. The molecular weight excluding hydrogens is 306 g/mol. The van der Waals surface area contributed by atoms with Crippen LogP contribution in [0, 0.1) is 0 Å². The van der Waals surface area contributed by atoms with E-state index in [-0.39, 0.29) is 17.2 Å². The lowest BCUT2D eigenvalue weighted by atomic mass is 10.0. The van der Waals surface area contributed by atoms with Crippen LogP contribution in [0.4, 0.5) is 5.82 Å². The Bertz CT molecular complexity index is 647. The van der Waals surface area contributed by atoms with E-state index in [1.807, 2.05) is 31.5 Å². The van der Waals surface area contributed by atoms with Gasteiger partial charge in [-0.15, -0.1) is 11.8 Å². The fourth-order valence-corrected chi connectivity index (χ4v) is 3.11. The minimum Gasteiger partial charge on any atom is -0.310 e. The molecule has 1 amide bonds. The third-order valence-corrected chi connectivity index (χ3v) is 4.75. The first-order valence-corrected chi connectivity index (χ1v) is 8.87. The van der Waals surface area contributed by atoms with Gasteiger partial charge in [0.15, 0.2) is 0 Å². The van der Waals surface area contributed by atoms with Crippen molar-refractivity contribution in [2.45, 2.75) is 56.7 Å². The number of benzene rings is 1. The summed E-state index contributed by atoms with van der Waals surface area (Å²) in [5.41, 5.74) is 1.31. The van der Waals surface area contributed by atoms with E-state index >= 15 is 0 Å². The number of nitrogens with one attached hydrogen (secondary N) is 1. The number of carbonyl (C=O) groups is 1. The van der Waals surface area contributed by atoms with Crippen LogP contribution in [0.1, 0.15) is 52.1 Å². The normalized spacial score (nSPS) is 12.7. The topological polar surface area (TPSA) is 46.9 Å². The summed E-state index contributed by atoms with van der Waals surface area (Å²) in [6, 6.07) is 10.5. The van der Waals surface area contributed by atoms with Crippen LogP contribution in [0.3, 0.4) is 0 Å². The van der Waals surface area contributed by atoms with Gasteiger partial charge >= 0.3 is 0 Å². The predicted molar refractivity (Wildman–Crippen MR) is 97.1 cm³/mol. The van der Waals surface area contributed by atoms with Crippen LogP contribution in [0.5, 0.6) is 0 Å². The number of carbonyl (C=O) groups excluding carboxylic acids is 1. The lowest BCUT2D eigenvalue weighted by Crippen LogP contribution is -2.24. The highest BCUT2D eigenvalue weighted by Gasteiger charge is 2.17. The van der Waals surface area contributed by atoms with Gasteiger partial charge in [0.2, 0.25) is 5.91 Å². The van der Waals surface area contributed by atoms with Crippen molar-refractivity contribution >= 4 is 23.5 Å². The molecule has 124 valence electrons. The Balaban J connectivity index is 1.98. The number of amides is 1. The molecule has 1 atom stereocenters. The summed E-state index contributed by atoms with van der Waals surface area (Å²) >= 11 is 1.57. The molecule has 5 heteroatoms. The highest BCUT2D eigenvalue weighted by atomic mass is 32.2. The summed E-state index contributed by atoms with van der Waals surface area (Å²) in [5, 5.41) is 7.02. The van der Waals surface area contributed by atoms with Gasteiger partial charge in [0, 0.05) is 17.0 Å². The van der Waals surface area contributed by atoms with E-state index in [9.17, 15) is 4.79 Å². The van der Waals surface area contributed by atoms with Crippen LogP contribution in [-0.4, -0.2) is 20.9 Å². The van der Waals surface area contributed by atoms with Crippen molar-refractivity contribution in [1.82, 2.24) is 9.78 Å². The lowest BCUT2D eigenvalue weighted by molar-refractivity contribution is -0.115. The summed E-state index contributed by atoms with van der Waals surface area (Å²) in [6.07, 6.45) is 1.71. The molecule has 1 aromatic heterocycles. The smallest absolute Gasteiger partial charge is 0.238 e. The Kier molecular flexibility index (Phi) is 5.88. The van der Waals surface area contributed by atoms with Gasteiger partial charge in [-0.3, -0.25) is 4.79 Å². The summed E-state index contributed by atoms with van der Waals surface area (Å²) in [5.74, 6) is 1.25. The Morgan fingerprint density at radius 2 is 1.74 bits per heavy atom. The first-order chi connectivity index (χ1) is 10.9. The minimum atomic E-state index is -0.171. The van der Waals surface area contributed by atoms with E-state index < -0.39 is 0 Å². The fraction of sp³-hybridized carbons (Fsp3) is 0.444. The average molecular weight is 331 g/mol. The quantitative estimate of drug-likeness (QED) is 0.780. The maximum Gasteiger partial charge on any atom is 0.238 e. The number of hydrogen-bond acceptors (Lipinski definition) is 3. The second-order valence-corrected chi connectivity index (χ2v) is 7.64. The number of nitrogens with zero attached hydrogens (tertiary/aromatic N) is 2. The standard InChI is InChI=1S/C18H25N3OS/c1-12(2)15-6-8-16(9-7-15)23-14(5)18(22)20-17-10-11-19-21(17)13(3)4/h6-14H,1-5H3,(H,20,22). The van der Waals surface area contributed by atoms with E-state index in [4.69, 9.17) is 0 Å². The van der Waals surface area contributed by atoms with Gasteiger partial charge in [0.05, 0.1) is 11.4 Å². The first kappa shape index (κ1) is 17.6. The zero-order chi connectivity index (χ0) is 17.0. The molecule has 0 saturated carbocycles. The molecular formula is C18H25N3OS. The second-order valence-electron chi connectivity index (χ2n) is 6.23. The number of aromatic nitrogens is 2. The van der Waals surface area contributed by atoms with Crippen LogP contribution in [0.2, 0.25) is 0 Å². The molecule has 0 spiro atoms. The molecule has 1 unspecified atom stereocenters. The molecule has 0 saturated heterocycles. The monoisotopic (exact) mass is 331 g/mol. The van der Waals surface area contributed by atoms with Gasteiger partial charge in [-0.25, -0.2) is 4.68 Å². The maximum absolute atomic E-state index is 12.4. The summed E-state index contributed by atoms with van der Waals surface area (Å²) < 4.78 is 1.81. The summed E-state index contributed by atoms with van der Waals surface area (Å²) in [4.78, 5) is 13.5. The van der Waals surface area contributed by atoms with Crippen molar-refractivity contribution in [2.75, 3.05) is 5.32 Å². The predicted octanol–water partition coefficient (Wildman–Crippen LogP) is 4.71. The molecule has 4 nitrogen and oxygen atoms in total. The zero-order valence-corrected chi connectivity index (χ0v) is 15.2. The van der Waals surface area contributed by atoms with Gasteiger partial charge in [-0.2, -0.15) is 5.10 Å². The molecule has 0 radical (unpaired) electrons. The Hall–Kier alpha value is -1.75. The van der Waals surface area contributed by atoms with Crippen molar-refractivity contribution in [2.24, 2.45) is 0 Å². The van der Waals surface area contributed by atoms with E-state index in [2.05, 4.69) is 48.5 Å². The fourth-order valence-electron chi connectivity index (χ4n) is 2.24. The van der Waals surface area contributed by atoms with Crippen LogP contribution >= 0.6 is 11.8 Å². The Morgan fingerprint density at radius 3 is 2.30 bits per heavy atom. The average Bonchev–Trinajstić information content (AvgIpc) is 2.96. The van der Waals surface area contributed by atoms with E-state index in [1.165, 1.54) is 5.56 Å². The number of hydrogen-bond donors (Lipinski definition) is 1. The van der Waals surface area contributed by atoms with Crippen molar-refractivity contribution in [3.8, 4) is 0 Å². The SMILES string of the molecule is CC(Sc1ccc(C(C)C)cc1)C(=O)Nc1ccnn1C(C)C. The Morgan fingerprint density at radius 1 is 1.09 bits per heavy atom. The van der Waals surface area contributed by atoms with Crippen LogP contribution in [-0.2, 0) is 4.79 Å². The molecule has 1 heterocycles. The maximum atomic E-state index is 12.4. The van der Waals surface area contributed by atoms with E-state index in [1.54, 1.807) is 18.0 Å². The molecule has 2 rings (SSSR count). The van der Waals surface area contributed by atoms with E-state index in [0.29, 0.717) is 5.92 Å². The zero-order valence-electron chi connectivity index (χ0n) is 14.4. The van der Waals surface area contributed by atoms with E-state index in [0.717, 1.165) is 10.7 Å². The highest BCUT2D eigenvalue weighted by molar-refractivity contribution is 8.00. The van der Waals surface area contributed by atoms with Gasteiger partial charge in [-0.1, -0.05) is 26.0 Å². The van der Waals surface area contributed by atoms with Gasteiger partial charge in [0.1, 0.15) is 5.82 Å². The second kappa shape index (κ2) is 7.68. The minimum absolute atomic E-state index is 0.00895. The molecule has 0 aliphatic rings. The van der Waals surface area contributed by atoms with Gasteiger partial charge in [0.25, 0.3) is 0 Å². The lowest BCUT2D eigenvalue weighted by Gasteiger charge is -2.15. The molecule has 23 heavy (non-hydrogen) atoms. The molecule has 0 aliphatic heterocycles. The molecule has 1 aromatic carbocycles. The van der Waals surface area contributed by atoms with Crippen molar-refractivity contribution in [3.63, 3.8) is 0 Å². The number of rotatable bonds is 6. The molecule has 2 aromatic rings. The molecule has 0 fully saturated rings. The van der Waals surface area contributed by atoms with Crippen LogP contribution < -0.4 is 5.32 Å². The number of thioether (sulfide) groups is 1. The third kappa shape index (κ3) is 4.61. The van der Waals surface area contributed by atoms with Gasteiger partial charge in [-0.05, 0) is 44.4 Å². The van der Waals surface area contributed by atoms with Crippen LogP contribution in [0.25, 0.3) is 0 Å². The van der Waals surface area contributed by atoms with Crippen LogP contribution in [0.15, 0.2) is 41.4 Å².